The third kappa shape index (κ3) is 2.85. The zero-order valence-corrected chi connectivity index (χ0v) is 12.6. The maximum Gasteiger partial charge on any atom is 0.416 e. The van der Waals surface area contributed by atoms with Crippen molar-refractivity contribution < 1.29 is 13.2 Å². The summed E-state index contributed by atoms with van der Waals surface area (Å²) in [5.74, 6) is 0. The smallest absolute Gasteiger partial charge is 0.309 e. The number of halogens is 4. The second-order valence-electron chi connectivity index (χ2n) is 5.00. The Bertz CT molecular complexity index is 645. The Kier molecular flexibility index (Phi) is 3.79. The minimum Gasteiger partial charge on any atom is -0.309 e. The molecule has 0 radical (unpaired) electrons. The van der Waals surface area contributed by atoms with Crippen LogP contribution in [0.2, 0.25) is 0 Å². The summed E-state index contributed by atoms with van der Waals surface area (Å²) in [4.78, 5) is 4.10. The number of rotatable bonds is 2. The summed E-state index contributed by atoms with van der Waals surface area (Å²) in [6, 6.07) is 3.76. The normalized spacial score (nSPS) is 19.1. The molecule has 0 saturated carbocycles. The number of aromatic nitrogens is 2. The first-order valence-corrected chi connectivity index (χ1v) is 7.39. The molecule has 2 aromatic rings. The van der Waals surface area contributed by atoms with Gasteiger partial charge >= 0.3 is 6.18 Å². The van der Waals surface area contributed by atoms with Crippen molar-refractivity contribution in [3.05, 3.63) is 46.5 Å². The van der Waals surface area contributed by atoms with Crippen molar-refractivity contribution >= 4 is 15.9 Å². The van der Waals surface area contributed by atoms with Crippen LogP contribution >= 0.6 is 15.9 Å². The number of alkyl halides is 3. The summed E-state index contributed by atoms with van der Waals surface area (Å²) < 4.78 is 41.0. The number of hydrogen-bond acceptors (Lipinski definition) is 2. The molecule has 3 nitrogen and oxygen atoms in total. The second-order valence-corrected chi connectivity index (χ2v) is 5.86. The van der Waals surface area contributed by atoms with Gasteiger partial charge in [-0.05, 0) is 53.5 Å². The van der Waals surface area contributed by atoms with Crippen LogP contribution in [0.5, 0.6) is 0 Å². The second kappa shape index (κ2) is 5.46. The van der Waals surface area contributed by atoms with Crippen LogP contribution in [0.1, 0.15) is 30.1 Å². The Balaban J connectivity index is 2.06. The number of nitrogens with zero attached hydrogens (tertiary/aromatic N) is 2. The topological polar surface area (TPSA) is 29.9 Å². The third-order valence-corrected chi connectivity index (χ3v) is 4.29. The van der Waals surface area contributed by atoms with Crippen molar-refractivity contribution in [3.8, 4) is 5.69 Å². The predicted molar refractivity (Wildman–Crippen MR) is 76.2 cm³/mol. The lowest BCUT2D eigenvalue weighted by molar-refractivity contribution is -0.137. The minimum absolute atomic E-state index is 0.133. The molecule has 0 spiro atoms. The number of benzene rings is 1. The zero-order valence-electron chi connectivity index (χ0n) is 11.0. The number of hydrogen-bond donors (Lipinski definition) is 1. The van der Waals surface area contributed by atoms with Gasteiger partial charge in [-0.1, -0.05) is 0 Å². The van der Waals surface area contributed by atoms with E-state index in [9.17, 15) is 13.2 Å². The van der Waals surface area contributed by atoms with Gasteiger partial charge < -0.3 is 9.88 Å². The maximum atomic E-state index is 12.9. The molecule has 0 aliphatic carbocycles. The molecule has 1 unspecified atom stereocenters. The predicted octanol–water partition coefficient (Wildman–Crippen LogP) is 4.08. The van der Waals surface area contributed by atoms with Gasteiger partial charge in [0.25, 0.3) is 0 Å². The Labute approximate surface area is 128 Å². The molecule has 1 atom stereocenters. The monoisotopic (exact) mass is 359 g/mol. The molecule has 0 amide bonds. The quantitative estimate of drug-likeness (QED) is 0.875. The van der Waals surface area contributed by atoms with Crippen molar-refractivity contribution in [2.24, 2.45) is 0 Å². The Hall–Kier alpha value is -1.34. The SMILES string of the molecule is FC(F)(F)c1ccc(Br)c(-n2cncc2C2CCCN2)c1. The average molecular weight is 360 g/mol. The molecular weight excluding hydrogens is 347 g/mol. The van der Waals surface area contributed by atoms with Gasteiger partial charge in [0, 0.05) is 10.5 Å². The maximum absolute atomic E-state index is 12.9. The fourth-order valence-electron chi connectivity index (χ4n) is 2.57. The van der Waals surface area contributed by atoms with E-state index >= 15 is 0 Å². The number of imidazole rings is 1. The number of nitrogens with one attached hydrogen (secondary N) is 1. The molecule has 1 aliphatic heterocycles. The van der Waals surface area contributed by atoms with Crippen LogP contribution in [0.4, 0.5) is 13.2 Å². The summed E-state index contributed by atoms with van der Waals surface area (Å²) in [6.45, 7) is 0.916. The molecule has 1 saturated heterocycles. The van der Waals surface area contributed by atoms with E-state index in [0.717, 1.165) is 37.2 Å². The van der Waals surface area contributed by atoms with Gasteiger partial charge in [0.05, 0.1) is 29.5 Å². The van der Waals surface area contributed by atoms with Crippen molar-refractivity contribution in [1.29, 1.82) is 0 Å². The van der Waals surface area contributed by atoms with E-state index in [1.807, 2.05) is 0 Å². The van der Waals surface area contributed by atoms with Crippen molar-refractivity contribution in [2.45, 2.75) is 25.1 Å². The summed E-state index contributed by atoms with van der Waals surface area (Å²) in [5, 5.41) is 3.34. The first kappa shape index (κ1) is 14.6. The van der Waals surface area contributed by atoms with Crippen LogP contribution in [-0.2, 0) is 6.18 Å². The van der Waals surface area contributed by atoms with Gasteiger partial charge in [-0.15, -0.1) is 0 Å². The highest BCUT2D eigenvalue weighted by atomic mass is 79.9. The lowest BCUT2D eigenvalue weighted by Crippen LogP contribution is -2.16. The van der Waals surface area contributed by atoms with Gasteiger partial charge in [0.1, 0.15) is 0 Å². The van der Waals surface area contributed by atoms with Crippen LogP contribution in [0.25, 0.3) is 5.69 Å². The highest BCUT2D eigenvalue weighted by Gasteiger charge is 2.31. The van der Waals surface area contributed by atoms with Gasteiger partial charge in [0.15, 0.2) is 0 Å². The molecule has 112 valence electrons. The Morgan fingerprint density at radius 1 is 1.33 bits per heavy atom. The lowest BCUT2D eigenvalue weighted by atomic mass is 10.1. The summed E-state index contributed by atoms with van der Waals surface area (Å²) in [5.41, 5.74) is 0.665. The Morgan fingerprint density at radius 2 is 2.14 bits per heavy atom. The summed E-state index contributed by atoms with van der Waals surface area (Å²) in [7, 11) is 0. The molecule has 1 aromatic carbocycles. The molecule has 2 heterocycles. The fraction of sp³-hybridized carbons (Fsp3) is 0.357. The van der Waals surface area contributed by atoms with E-state index in [4.69, 9.17) is 0 Å². The van der Waals surface area contributed by atoms with Crippen molar-refractivity contribution in [1.82, 2.24) is 14.9 Å². The van der Waals surface area contributed by atoms with Crippen LogP contribution in [0.3, 0.4) is 0 Å². The minimum atomic E-state index is -4.36. The van der Waals surface area contributed by atoms with Crippen LogP contribution in [-0.4, -0.2) is 16.1 Å². The molecule has 21 heavy (non-hydrogen) atoms. The van der Waals surface area contributed by atoms with Crippen LogP contribution < -0.4 is 5.32 Å². The molecule has 1 aromatic heterocycles. The highest BCUT2D eigenvalue weighted by Crippen LogP contribution is 2.34. The van der Waals surface area contributed by atoms with Gasteiger partial charge in [0.2, 0.25) is 0 Å². The van der Waals surface area contributed by atoms with E-state index < -0.39 is 11.7 Å². The largest absolute Gasteiger partial charge is 0.416 e. The first-order valence-electron chi connectivity index (χ1n) is 6.59. The van der Waals surface area contributed by atoms with E-state index in [1.165, 1.54) is 6.07 Å². The molecule has 1 aliphatic rings. The first-order chi connectivity index (χ1) is 9.97. The molecular formula is C14H13BrF3N3. The molecule has 1 N–H and O–H groups in total. The standard InChI is InChI=1S/C14H13BrF3N3/c15-10-4-3-9(14(16,17)18)6-12(10)21-8-19-7-13(21)11-2-1-5-20-11/h3-4,6-8,11,20H,1-2,5H2. The lowest BCUT2D eigenvalue weighted by Gasteiger charge is -2.16. The van der Waals surface area contributed by atoms with Crippen molar-refractivity contribution in [3.63, 3.8) is 0 Å². The van der Waals surface area contributed by atoms with Crippen LogP contribution in [0, 0.1) is 0 Å². The van der Waals surface area contributed by atoms with E-state index in [0.29, 0.717) is 10.2 Å². The Morgan fingerprint density at radius 3 is 2.81 bits per heavy atom. The van der Waals surface area contributed by atoms with Crippen molar-refractivity contribution in [2.75, 3.05) is 6.54 Å². The van der Waals surface area contributed by atoms with E-state index in [1.54, 1.807) is 17.1 Å². The molecule has 3 rings (SSSR count). The highest BCUT2D eigenvalue weighted by molar-refractivity contribution is 9.10. The van der Waals surface area contributed by atoms with Gasteiger partial charge in [-0.25, -0.2) is 4.98 Å². The molecule has 1 fully saturated rings. The summed E-state index contributed by atoms with van der Waals surface area (Å²) >= 11 is 3.32. The van der Waals surface area contributed by atoms with E-state index in [-0.39, 0.29) is 6.04 Å². The zero-order chi connectivity index (χ0) is 15.0. The van der Waals surface area contributed by atoms with Crippen LogP contribution in [0.15, 0.2) is 35.2 Å². The summed E-state index contributed by atoms with van der Waals surface area (Å²) in [6.07, 6.45) is 0.912. The van der Waals surface area contributed by atoms with E-state index in [2.05, 4.69) is 26.2 Å². The van der Waals surface area contributed by atoms with Gasteiger partial charge in [-0.3, -0.25) is 0 Å². The third-order valence-electron chi connectivity index (χ3n) is 3.62. The molecule has 7 heteroatoms. The average Bonchev–Trinajstić information content (AvgIpc) is 3.08. The fourth-order valence-corrected chi connectivity index (χ4v) is 3.01. The molecule has 0 bridgehead atoms. The van der Waals surface area contributed by atoms with Gasteiger partial charge in [-0.2, -0.15) is 13.2 Å².